The molecular formula is C26H29N7O3. The normalized spacial score (nSPS) is 10.7. The van der Waals surface area contributed by atoms with Gasteiger partial charge in [0.15, 0.2) is 0 Å². The molecule has 0 spiro atoms. The molecule has 10 heteroatoms. The van der Waals surface area contributed by atoms with Crippen LogP contribution in [0.2, 0.25) is 0 Å². The first kappa shape index (κ1) is 24.5. The molecule has 0 unspecified atom stereocenters. The Balaban J connectivity index is 1.45. The van der Waals surface area contributed by atoms with Crippen LogP contribution in [0.25, 0.3) is 11.0 Å². The fourth-order valence-electron chi connectivity index (χ4n) is 3.57. The second-order valence-corrected chi connectivity index (χ2v) is 8.43. The van der Waals surface area contributed by atoms with Gasteiger partial charge in [-0.3, -0.25) is 14.6 Å². The molecule has 0 aliphatic carbocycles. The quantitative estimate of drug-likeness (QED) is 0.310. The molecule has 0 fully saturated rings. The van der Waals surface area contributed by atoms with Crippen molar-refractivity contribution in [2.75, 3.05) is 37.4 Å². The minimum atomic E-state index is -0.347. The van der Waals surface area contributed by atoms with E-state index >= 15 is 0 Å². The molecule has 0 radical (unpaired) electrons. The fraction of sp³-hybridized carbons (Fsp3) is 0.231. The van der Waals surface area contributed by atoms with E-state index in [-0.39, 0.29) is 17.5 Å². The molecule has 2 heterocycles. The largest absolute Gasteiger partial charge is 0.457 e. The third-order valence-corrected chi connectivity index (χ3v) is 5.48. The Morgan fingerprint density at radius 1 is 0.972 bits per heavy atom. The van der Waals surface area contributed by atoms with Crippen molar-refractivity contribution in [2.45, 2.75) is 6.92 Å². The number of nitrogens with one attached hydrogen (secondary N) is 3. The van der Waals surface area contributed by atoms with Gasteiger partial charge in [0.25, 0.3) is 5.91 Å². The van der Waals surface area contributed by atoms with Gasteiger partial charge in [0.05, 0.1) is 11.0 Å². The fourth-order valence-corrected chi connectivity index (χ4v) is 3.57. The first-order valence-corrected chi connectivity index (χ1v) is 11.5. The summed E-state index contributed by atoms with van der Waals surface area (Å²) in [6, 6.07) is 17.0. The summed E-state index contributed by atoms with van der Waals surface area (Å²) in [5.41, 5.74) is 4.00. The Morgan fingerprint density at radius 2 is 1.69 bits per heavy atom. The lowest BCUT2D eigenvalue weighted by Gasteiger charge is -2.13. The van der Waals surface area contributed by atoms with Crippen LogP contribution in [0.4, 0.5) is 17.3 Å². The number of nitrogens with zero attached hydrogens (tertiary/aromatic N) is 4. The van der Waals surface area contributed by atoms with Crippen LogP contribution in [0.5, 0.6) is 11.5 Å². The number of hydrogen-bond acceptors (Lipinski definition) is 7. The van der Waals surface area contributed by atoms with Crippen molar-refractivity contribution >= 4 is 40.2 Å². The van der Waals surface area contributed by atoms with E-state index in [1.165, 1.54) is 13.1 Å². The van der Waals surface area contributed by atoms with Gasteiger partial charge in [-0.25, -0.2) is 4.98 Å². The average Bonchev–Trinajstić information content (AvgIpc) is 3.16. The van der Waals surface area contributed by atoms with Crippen LogP contribution in [0.3, 0.4) is 0 Å². The molecule has 0 aliphatic rings. The summed E-state index contributed by atoms with van der Waals surface area (Å²) in [5, 5.41) is 8.70. The van der Waals surface area contributed by atoms with E-state index in [1.54, 1.807) is 12.1 Å². The van der Waals surface area contributed by atoms with E-state index in [1.807, 2.05) is 73.1 Å². The highest BCUT2D eigenvalue weighted by Crippen LogP contribution is 2.28. The maximum atomic E-state index is 12.3. The zero-order chi connectivity index (χ0) is 25.7. The monoisotopic (exact) mass is 487 g/mol. The van der Waals surface area contributed by atoms with Gasteiger partial charge < -0.3 is 30.2 Å². The minimum absolute atomic E-state index is 0.149. The van der Waals surface area contributed by atoms with E-state index in [0.29, 0.717) is 30.5 Å². The van der Waals surface area contributed by atoms with Crippen molar-refractivity contribution in [3.05, 3.63) is 66.5 Å². The molecule has 4 aromatic rings. The average molecular weight is 488 g/mol. The molecule has 0 saturated carbocycles. The van der Waals surface area contributed by atoms with Gasteiger partial charge in [-0.1, -0.05) is 0 Å². The summed E-state index contributed by atoms with van der Waals surface area (Å²) in [6.45, 7) is 2.07. The molecule has 0 atom stereocenters. The number of carbonyl (C=O) groups excluding carboxylic acids is 2. The van der Waals surface area contributed by atoms with Crippen LogP contribution in [0.1, 0.15) is 17.4 Å². The Bertz CT molecular complexity index is 1380. The number of ether oxygens (including phenoxy) is 1. The molecular weight excluding hydrogens is 458 g/mol. The molecule has 0 aliphatic heterocycles. The molecule has 2 aromatic carbocycles. The number of anilines is 3. The highest BCUT2D eigenvalue weighted by atomic mass is 16.5. The van der Waals surface area contributed by atoms with Gasteiger partial charge >= 0.3 is 0 Å². The summed E-state index contributed by atoms with van der Waals surface area (Å²) in [7, 11) is 5.96. The van der Waals surface area contributed by atoms with Crippen LogP contribution in [0, 0.1) is 0 Å². The van der Waals surface area contributed by atoms with Gasteiger partial charge in [0.1, 0.15) is 17.2 Å². The Labute approximate surface area is 209 Å². The van der Waals surface area contributed by atoms with Crippen molar-refractivity contribution in [1.82, 2.24) is 25.2 Å². The third-order valence-electron chi connectivity index (χ3n) is 5.48. The minimum Gasteiger partial charge on any atom is -0.457 e. The predicted octanol–water partition coefficient (Wildman–Crippen LogP) is 3.44. The van der Waals surface area contributed by atoms with Crippen molar-refractivity contribution in [3.63, 3.8) is 0 Å². The highest BCUT2D eigenvalue weighted by molar-refractivity contribution is 5.92. The van der Waals surface area contributed by atoms with Crippen LogP contribution in [-0.4, -0.2) is 53.5 Å². The number of pyridine rings is 1. The van der Waals surface area contributed by atoms with Gasteiger partial charge in [-0.2, -0.15) is 0 Å². The molecule has 10 nitrogen and oxygen atoms in total. The first-order chi connectivity index (χ1) is 17.3. The van der Waals surface area contributed by atoms with Gasteiger partial charge in [0, 0.05) is 70.9 Å². The molecule has 36 heavy (non-hydrogen) atoms. The van der Waals surface area contributed by atoms with Crippen molar-refractivity contribution < 1.29 is 14.3 Å². The number of fused-ring (bicyclic) bond motifs is 1. The summed E-state index contributed by atoms with van der Waals surface area (Å²) >= 11 is 0. The van der Waals surface area contributed by atoms with Crippen LogP contribution >= 0.6 is 0 Å². The number of carbonyl (C=O) groups is 2. The zero-order valence-corrected chi connectivity index (χ0v) is 20.7. The number of hydrogen-bond donors (Lipinski definition) is 3. The summed E-state index contributed by atoms with van der Waals surface area (Å²) in [5.74, 6) is 1.28. The smallest absolute Gasteiger partial charge is 0.270 e. The van der Waals surface area contributed by atoms with Crippen LogP contribution in [0.15, 0.2) is 60.8 Å². The predicted molar refractivity (Wildman–Crippen MR) is 140 cm³/mol. The van der Waals surface area contributed by atoms with Gasteiger partial charge in [0.2, 0.25) is 11.9 Å². The number of imidazole rings is 1. The van der Waals surface area contributed by atoms with Gasteiger partial charge in [-0.05, 0) is 42.5 Å². The number of amides is 2. The second kappa shape index (κ2) is 10.8. The first-order valence-electron chi connectivity index (χ1n) is 11.5. The molecule has 3 N–H and O–H groups in total. The highest BCUT2D eigenvalue weighted by Gasteiger charge is 2.12. The summed E-state index contributed by atoms with van der Waals surface area (Å²) in [4.78, 5) is 34.2. The summed E-state index contributed by atoms with van der Waals surface area (Å²) < 4.78 is 7.97. The maximum Gasteiger partial charge on any atom is 0.270 e. The van der Waals surface area contributed by atoms with Crippen molar-refractivity contribution in [3.8, 4) is 11.5 Å². The number of benzene rings is 2. The lowest BCUT2D eigenvalue weighted by molar-refractivity contribution is -0.118. The van der Waals surface area contributed by atoms with Crippen molar-refractivity contribution in [1.29, 1.82) is 0 Å². The topological polar surface area (TPSA) is 113 Å². The molecule has 4 rings (SSSR count). The van der Waals surface area contributed by atoms with E-state index in [4.69, 9.17) is 9.72 Å². The van der Waals surface area contributed by atoms with E-state index in [2.05, 4.69) is 20.9 Å². The lowest BCUT2D eigenvalue weighted by atomic mass is 10.2. The van der Waals surface area contributed by atoms with E-state index < -0.39 is 0 Å². The van der Waals surface area contributed by atoms with E-state index in [0.717, 1.165) is 22.4 Å². The lowest BCUT2D eigenvalue weighted by Crippen LogP contribution is -2.33. The maximum absolute atomic E-state index is 12.3. The number of aryl methyl sites for hydroxylation is 1. The van der Waals surface area contributed by atoms with Crippen molar-refractivity contribution in [2.24, 2.45) is 7.05 Å². The molecule has 2 aromatic heterocycles. The Kier molecular flexibility index (Phi) is 7.33. The van der Waals surface area contributed by atoms with Crippen LogP contribution < -0.4 is 25.6 Å². The van der Waals surface area contributed by atoms with Gasteiger partial charge in [-0.15, -0.1) is 0 Å². The number of aromatic nitrogens is 3. The summed E-state index contributed by atoms with van der Waals surface area (Å²) in [6.07, 6.45) is 1.51. The number of rotatable bonds is 9. The Hall–Kier alpha value is -4.60. The second-order valence-electron chi connectivity index (χ2n) is 8.43. The Morgan fingerprint density at radius 3 is 2.42 bits per heavy atom. The third kappa shape index (κ3) is 5.90. The van der Waals surface area contributed by atoms with E-state index in [9.17, 15) is 9.59 Å². The SMILES string of the molecule is CC(=O)NCCNC(=O)c1cc(Oc2ccc3c(c2)nc(Nc2ccc(N(C)C)cc2)n3C)ccn1. The standard InChI is InChI=1S/C26H29N7O3/c1-17(34)27-13-14-29-25(35)23-16-21(11-12-28-23)36-20-9-10-24-22(15-20)31-26(33(24)4)30-18-5-7-19(8-6-18)32(2)3/h5-12,15-16H,13-14H2,1-4H3,(H,27,34)(H,29,35)(H,30,31). The molecule has 2 amide bonds. The zero-order valence-electron chi connectivity index (χ0n) is 20.7. The molecule has 186 valence electrons. The molecule has 0 saturated heterocycles. The van der Waals surface area contributed by atoms with Crippen LogP contribution in [-0.2, 0) is 11.8 Å². The molecule has 0 bridgehead atoms.